The van der Waals surface area contributed by atoms with Gasteiger partial charge in [0.2, 0.25) is 0 Å². The molecule has 21 heavy (non-hydrogen) atoms. The summed E-state index contributed by atoms with van der Waals surface area (Å²) in [4.78, 5) is 0. The Kier molecular flexibility index (Phi) is 3.74. The number of aryl methyl sites for hydroxylation is 1. The Morgan fingerprint density at radius 2 is 1.90 bits per heavy atom. The van der Waals surface area contributed by atoms with Crippen LogP contribution >= 0.6 is 27.5 Å². The number of anilines is 1. The monoisotopic (exact) mass is 362 g/mol. The molecule has 0 saturated carbocycles. The zero-order valence-corrected chi connectivity index (χ0v) is 13.6. The predicted octanol–water partition coefficient (Wildman–Crippen LogP) is 5.32. The predicted molar refractivity (Wildman–Crippen MR) is 89.2 cm³/mol. The van der Waals surface area contributed by atoms with Crippen LogP contribution in [-0.4, -0.2) is 5.16 Å². The van der Waals surface area contributed by atoms with Crippen LogP contribution < -0.4 is 5.73 Å². The molecule has 0 aliphatic carbocycles. The van der Waals surface area contributed by atoms with Gasteiger partial charge < -0.3 is 10.3 Å². The number of benzene rings is 2. The number of hydrogen-bond acceptors (Lipinski definition) is 3. The van der Waals surface area contributed by atoms with E-state index < -0.39 is 0 Å². The van der Waals surface area contributed by atoms with Crippen molar-refractivity contribution in [3.63, 3.8) is 0 Å². The van der Waals surface area contributed by atoms with Crippen molar-refractivity contribution in [2.24, 2.45) is 0 Å². The van der Waals surface area contributed by atoms with Crippen LogP contribution in [0.25, 0.3) is 22.5 Å². The standard InChI is InChI=1S/C16H12BrClN2O/c1-9-6-7-10(17)8-12(9)15-14(16(19)20-21-15)11-4-2-3-5-13(11)18/h2-8H,1H3,(H2,19,20). The number of aromatic nitrogens is 1. The van der Waals surface area contributed by atoms with Gasteiger partial charge in [-0.3, -0.25) is 0 Å². The van der Waals surface area contributed by atoms with E-state index in [4.69, 9.17) is 21.9 Å². The lowest BCUT2D eigenvalue weighted by Crippen LogP contribution is -1.90. The zero-order valence-electron chi connectivity index (χ0n) is 11.2. The fraction of sp³-hybridized carbons (Fsp3) is 0.0625. The summed E-state index contributed by atoms with van der Waals surface area (Å²) >= 11 is 9.76. The molecule has 2 aromatic carbocycles. The van der Waals surface area contributed by atoms with E-state index in [-0.39, 0.29) is 0 Å². The van der Waals surface area contributed by atoms with Crippen LogP contribution in [0.2, 0.25) is 5.02 Å². The van der Waals surface area contributed by atoms with Crippen LogP contribution in [0, 0.1) is 6.92 Å². The third kappa shape index (κ3) is 2.57. The van der Waals surface area contributed by atoms with Crippen molar-refractivity contribution in [1.82, 2.24) is 5.16 Å². The summed E-state index contributed by atoms with van der Waals surface area (Å²) in [6.07, 6.45) is 0. The van der Waals surface area contributed by atoms with Crippen molar-refractivity contribution in [1.29, 1.82) is 0 Å². The Bertz CT molecular complexity index is 814. The molecule has 1 aromatic heterocycles. The van der Waals surface area contributed by atoms with Crippen molar-refractivity contribution in [3.8, 4) is 22.5 Å². The number of hydrogen-bond donors (Lipinski definition) is 1. The van der Waals surface area contributed by atoms with Gasteiger partial charge in [0.1, 0.15) is 0 Å². The summed E-state index contributed by atoms with van der Waals surface area (Å²) in [7, 11) is 0. The molecule has 0 aliphatic heterocycles. The average molecular weight is 364 g/mol. The van der Waals surface area contributed by atoms with Gasteiger partial charge in [0.25, 0.3) is 0 Å². The largest absolute Gasteiger partial charge is 0.380 e. The van der Waals surface area contributed by atoms with Crippen LogP contribution in [-0.2, 0) is 0 Å². The third-order valence-electron chi connectivity index (χ3n) is 3.31. The number of nitrogens with zero attached hydrogens (tertiary/aromatic N) is 1. The first-order valence-corrected chi connectivity index (χ1v) is 7.51. The molecule has 3 nitrogen and oxygen atoms in total. The van der Waals surface area contributed by atoms with Crippen molar-refractivity contribution in [3.05, 3.63) is 57.5 Å². The summed E-state index contributed by atoms with van der Waals surface area (Å²) in [5.74, 6) is 0.955. The smallest absolute Gasteiger partial charge is 0.177 e. The Morgan fingerprint density at radius 1 is 1.14 bits per heavy atom. The van der Waals surface area contributed by atoms with E-state index in [0.717, 1.165) is 26.7 Å². The van der Waals surface area contributed by atoms with E-state index in [9.17, 15) is 0 Å². The Hall–Kier alpha value is -1.78. The van der Waals surface area contributed by atoms with Crippen molar-refractivity contribution >= 4 is 33.3 Å². The highest BCUT2D eigenvalue weighted by Crippen LogP contribution is 2.41. The summed E-state index contributed by atoms with van der Waals surface area (Å²) in [5, 5.41) is 4.52. The number of nitrogen functional groups attached to an aromatic ring is 1. The Morgan fingerprint density at radius 3 is 2.67 bits per heavy atom. The van der Waals surface area contributed by atoms with E-state index in [1.807, 2.05) is 49.4 Å². The number of halogens is 2. The normalized spacial score (nSPS) is 10.8. The maximum absolute atomic E-state index is 6.28. The van der Waals surface area contributed by atoms with Gasteiger partial charge in [-0.15, -0.1) is 0 Å². The van der Waals surface area contributed by atoms with Crippen molar-refractivity contribution in [2.45, 2.75) is 6.92 Å². The highest BCUT2D eigenvalue weighted by Gasteiger charge is 2.20. The molecule has 0 amide bonds. The molecule has 2 N–H and O–H groups in total. The minimum atomic E-state index is 0.331. The Balaban J connectivity index is 2.27. The summed E-state index contributed by atoms with van der Waals surface area (Å²) in [6.45, 7) is 2.01. The van der Waals surface area contributed by atoms with Crippen LogP contribution in [0.5, 0.6) is 0 Å². The highest BCUT2D eigenvalue weighted by molar-refractivity contribution is 9.10. The van der Waals surface area contributed by atoms with E-state index in [2.05, 4.69) is 21.1 Å². The van der Waals surface area contributed by atoms with Crippen LogP contribution in [0.3, 0.4) is 0 Å². The molecule has 0 fully saturated rings. The molecule has 1 heterocycles. The lowest BCUT2D eigenvalue weighted by molar-refractivity contribution is 0.436. The third-order valence-corrected chi connectivity index (χ3v) is 4.13. The molecule has 3 aromatic rings. The zero-order chi connectivity index (χ0) is 15.0. The minimum Gasteiger partial charge on any atom is -0.380 e. The van der Waals surface area contributed by atoms with Gasteiger partial charge in [-0.05, 0) is 30.7 Å². The van der Waals surface area contributed by atoms with E-state index >= 15 is 0 Å². The maximum atomic E-state index is 6.28. The maximum Gasteiger partial charge on any atom is 0.177 e. The molecule has 0 atom stereocenters. The molecule has 0 unspecified atom stereocenters. The van der Waals surface area contributed by atoms with Gasteiger partial charge in [-0.1, -0.05) is 57.0 Å². The SMILES string of the molecule is Cc1ccc(Br)cc1-c1onc(N)c1-c1ccccc1Cl. The first kappa shape index (κ1) is 14.2. The lowest BCUT2D eigenvalue weighted by atomic mass is 9.99. The summed E-state index contributed by atoms with van der Waals surface area (Å²) < 4.78 is 6.43. The summed E-state index contributed by atoms with van der Waals surface area (Å²) in [6, 6.07) is 13.5. The molecule has 0 spiro atoms. The topological polar surface area (TPSA) is 52.0 Å². The van der Waals surface area contributed by atoms with Gasteiger partial charge in [0.15, 0.2) is 11.6 Å². The van der Waals surface area contributed by atoms with Crippen LogP contribution in [0.1, 0.15) is 5.56 Å². The number of nitrogens with two attached hydrogens (primary N) is 1. The van der Waals surface area contributed by atoms with Crippen molar-refractivity contribution in [2.75, 3.05) is 5.73 Å². The molecule has 0 bridgehead atoms. The van der Waals surface area contributed by atoms with E-state index in [0.29, 0.717) is 16.6 Å². The molecule has 0 radical (unpaired) electrons. The van der Waals surface area contributed by atoms with E-state index in [1.54, 1.807) is 0 Å². The van der Waals surface area contributed by atoms with Gasteiger partial charge in [0.05, 0.1) is 5.56 Å². The molecule has 5 heteroatoms. The highest BCUT2D eigenvalue weighted by atomic mass is 79.9. The van der Waals surface area contributed by atoms with Crippen LogP contribution in [0.4, 0.5) is 5.82 Å². The van der Waals surface area contributed by atoms with Gasteiger partial charge in [0, 0.05) is 20.6 Å². The van der Waals surface area contributed by atoms with Crippen molar-refractivity contribution < 1.29 is 4.52 Å². The first-order chi connectivity index (χ1) is 10.1. The first-order valence-electron chi connectivity index (χ1n) is 6.34. The van der Waals surface area contributed by atoms with Gasteiger partial charge in [-0.25, -0.2) is 0 Å². The number of rotatable bonds is 2. The molecular weight excluding hydrogens is 352 g/mol. The Labute approximate surface area is 135 Å². The second-order valence-corrected chi connectivity index (χ2v) is 6.03. The molecule has 0 saturated heterocycles. The quantitative estimate of drug-likeness (QED) is 0.671. The molecule has 106 valence electrons. The molecule has 0 aliphatic rings. The van der Waals surface area contributed by atoms with Gasteiger partial charge >= 0.3 is 0 Å². The van der Waals surface area contributed by atoms with E-state index in [1.165, 1.54) is 0 Å². The minimum absolute atomic E-state index is 0.331. The van der Waals surface area contributed by atoms with Gasteiger partial charge in [-0.2, -0.15) is 0 Å². The van der Waals surface area contributed by atoms with Crippen LogP contribution in [0.15, 0.2) is 51.5 Å². The molecular formula is C16H12BrClN2O. The fourth-order valence-electron chi connectivity index (χ4n) is 2.25. The lowest BCUT2D eigenvalue weighted by Gasteiger charge is -2.07. The summed E-state index contributed by atoms with van der Waals surface area (Å²) in [5.41, 5.74) is 9.53. The molecule has 3 rings (SSSR count). The average Bonchev–Trinajstić information content (AvgIpc) is 2.84. The second-order valence-electron chi connectivity index (χ2n) is 4.71. The second kappa shape index (κ2) is 5.54. The fourth-order valence-corrected chi connectivity index (χ4v) is 2.84.